The van der Waals surface area contributed by atoms with Gasteiger partial charge in [0, 0.05) is 5.56 Å². The summed E-state index contributed by atoms with van der Waals surface area (Å²) in [5.74, 6) is -0.0161. The number of carbonyl (C=O) groups is 1. The number of aromatic nitrogens is 2. The van der Waals surface area contributed by atoms with Gasteiger partial charge in [0.05, 0.1) is 17.3 Å². The summed E-state index contributed by atoms with van der Waals surface area (Å²) in [6, 6.07) is 6.35. The Morgan fingerprint density at radius 2 is 1.75 bits per heavy atom. The number of H-pyrrole nitrogens is 2. The third-order valence-corrected chi connectivity index (χ3v) is 3.05. The van der Waals surface area contributed by atoms with E-state index < -0.39 is 11.1 Å². The fraction of sp³-hybridized carbons (Fsp3) is 0.0714. The Kier molecular flexibility index (Phi) is 2.64. The summed E-state index contributed by atoms with van der Waals surface area (Å²) in [6.45, 7) is 1.77. The van der Waals surface area contributed by atoms with Gasteiger partial charge in [0.15, 0.2) is 5.76 Å². The Morgan fingerprint density at radius 1 is 1.05 bits per heavy atom. The third-order valence-electron chi connectivity index (χ3n) is 3.05. The normalized spacial score (nSPS) is 10.8. The molecular formula is C14H10N2O4. The molecule has 0 aliphatic carbocycles. The van der Waals surface area contributed by atoms with Gasteiger partial charge in [-0.2, -0.15) is 0 Å². The van der Waals surface area contributed by atoms with Crippen molar-refractivity contribution in [1.82, 2.24) is 9.97 Å². The highest BCUT2D eigenvalue weighted by Crippen LogP contribution is 2.17. The standard InChI is InChI=1S/C14H10N2O4/c1-7-4-5-20-12(7)11(17)8-2-3-9-10(6-8)16-14(19)13(18)15-9/h2-6H,1H3,(H,15,18)(H,16,19). The molecule has 0 saturated carbocycles. The van der Waals surface area contributed by atoms with Crippen LogP contribution in [0.15, 0.2) is 44.5 Å². The van der Waals surface area contributed by atoms with Gasteiger partial charge in [-0.3, -0.25) is 14.4 Å². The first kappa shape index (κ1) is 12.2. The minimum absolute atomic E-state index is 0.260. The zero-order valence-electron chi connectivity index (χ0n) is 10.5. The first-order valence-electron chi connectivity index (χ1n) is 5.91. The summed E-state index contributed by atoms with van der Waals surface area (Å²) >= 11 is 0. The van der Waals surface area contributed by atoms with Gasteiger partial charge in [-0.25, -0.2) is 0 Å². The van der Waals surface area contributed by atoms with Crippen molar-refractivity contribution in [1.29, 1.82) is 0 Å². The first-order chi connectivity index (χ1) is 9.56. The van der Waals surface area contributed by atoms with Crippen LogP contribution in [0.5, 0.6) is 0 Å². The first-order valence-corrected chi connectivity index (χ1v) is 5.91. The number of furan rings is 1. The van der Waals surface area contributed by atoms with E-state index in [9.17, 15) is 14.4 Å². The zero-order chi connectivity index (χ0) is 14.3. The van der Waals surface area contributed by atoms with Gasteiger partial charge >= 0.3 is 11.1 Å². The van der Waals surface area contributed by atoms with Crippen LogP contribution in [0, 0.1) is 6.92 Å². The summed E-state index contributed by atoms with van der Waals surface area (Å²) in [6.07, 6.45) is 1.45. The van der Waals surface area contributed by atoms with E-state index in [1.807, 2.05) is 0 Å². The van der Waals surface area contributed by atoms with E-state index in [0.717, 1.165) is 5.56 Å². The largest absolute Gasteiger partial charge is 0.461 e. The van der Waals surface area contributed by atoms with Gasteiger partial charge < -0.3 is 14.4 Å². The van der Waals surface area contributed by atoms with Crippen molar-refractivity contribution < 1.29 is 9.21 Å². The molecule has 0 radical (unpaired) electrons. The molecule has 2 heterocycles. The number of hydrogen-bond acceptors (Lipinski definition) is 4. The number of carbonyl (C=O) groups excluding carboxylic acids is 1. The third kappa shape index (κ3) is 1.87. The summed E-state index contributed by atoms with van der Waals surface area (Å²) in [4.78, 5) is 39.6. The SMILES string of the molecule is Cc1ccoc1C(=O)c1ccc2[nH]c(=O)c(=O)[nH]c2c1. The van der Waals surface area contributed by atoms with Crippen molar-refractivity contribution >= 4 is 16.8 Å². The Morgan fingerprint density at radius 3 is 2.40 bits per heavy atom. The molecule has 0 atom stereocenters. The maximum absolute atomic E-state index is 12.3. The topological polar surface area (TPSA) is 95.9 Å². The highest BCUT2D eigenvalue weighted by Gasteiger charge is 2.15. The molecule has 0 saturated heterocycles. The summed E-state index contributed by atoms with van der Waals surface area (Å²) in [5, 5.41) is 0. The number of aromatic amines is 2. The maximum Gasteiger partial charge on any atom is 0.314 e. The van der Waals surface area contributed by atoms with Crippen LogP contribution >= 0.6 is 0 Å². The lowest BCUT2D eigenvalue weighted by molar-refractivity contribution is 0.101. The lowest BCUT2D eigenvalue weighted by Gasteiger charge is -2.02. The summed E-state index contributed by atoms with van der Waals surface area (Å²) in [7, 11) is 0. The summed E-state index contributed by atoms with van der Waals surface area (Å²) < 4.78 is 5.16. The second kappa shape index (κ2) is 4.34. The molecule has 2 N–H and O–H groups in total. The molecule has 6 heteroatoms. The lowest BCUT2D eigenvalue weighted by Crippen LogP contribution is -2.28. The van der Waals surface area contributed by atoms with E-state index in [1.54, 1.807) is 25.1 Å². The molecule has 0 bridgehead atoms. The lowest BCUT2D eigenvalue weighted by atomic mass is 10.1. The van der Waals surface area contributed by atoms with Crippen molar-refractivity contribution in [3.05, 3.63) is 68.1 Å². The van der Waals surface area contributed by atoms with Crippen LogP contribution in [0.2, 0.25) is 0 Å². The van der Waals surface area contributed by atoms with Gasteiger partial charge in [0.1, 0.15) is 0 Å². The average Bonchev–Trinajstić information content (AvgIpc) is 2.85. The average molecular weight is 270 g/mol. The molecule has 100 valence electrons. The van der Waals surface area contributed by atoms with Crippen LogP contribution < -0.4 is 11.1 Å². The Labute approximate surface area is 112 Å². The van der Waals surface area contributed by atoms with Crippen molar-refractivity contribution in [2.24, 2.45) is 0 Å². The van der Waals surface area contributed by atoms with E-state index in [-0.39, 0.29) is 11.5 Å². The van der Waals surface area contributed by atoms with E-state index in [1.165, 1.54) is 12.3 Å². The van der Waals surface area contributed by atoms with Gasteiger partial charge in [-0.1, -0.05) is 0 Å². The van der Waals surface area contributed by atoms with Crippen molar-refractivity contribution in [3.8, 4) is 0 Å². The van der Waals surface area contributed by atoms with Crippen molar-refractivity contribution in [3.63, 3.8) is 0 Å². The number of fused-ring (bicyclic) bond motifs is 1. The minimum Gasteiger partial charge on any atom is -0.461 e. The predicted molar refractivity (Wildman–Crippen MR) is 72.1 cm³/mol. The number of hydrogen-bond donors (Lipinski definition) is 2. The highest BCUT2D eigenvalue weighted by atomic mass is 16.3. The van der Waals surface area contributed by atoms with Gasteiger partial charge in [-0.15, -0.1) is 0 Å². The Balaban J connectivity index is 2.16. The molecule has 0 spiro atoms. The second-order valence-electron chi connectivity index (χ2n) is 4.43. The second-order valence-corrected chi connectivity index (χ2v) is 4.43. The molecule has 1 aromatic carbocycles. The quantitative estimate of drug-likeness (QED) is 0.542. The van der Waals surface area contributed by atoms with Gasteiger partial charge in [0.25, 0.3) is 0 Å². The van der Waals surface area contributed by atoms with E-state index in [0.29, 0.717) is 16.6 Å². The summed E-state index contributed by atoms with van der Waals surface area (Å²) in [5.41, 5.74) is 0.491. The molecule has 0 fully saturated rings. The number of aryl methyl sites for hydroxylation is 1. The molecule has 0 unspecified atom stereocenters. The van der Waals surface area contributed by atoms with Crippen molar-refractivity contribution in [2.45, 2.75) is 6.92 Å². The van der Waals surface area contributed by atoms with Crippen LogP contribution in [0.4, 0.5) is 0 Å². The van der Waals surface area contributed by atoms with Crippen LogP contribution in [0.3, 0.4) is 0 Å². The van der Waals surface area contributed by atoms with Crippen LogP contribution in [0.1, 0.15) is 21.7 Å². The number of rotatable bonds is 2. The van der Waals surface area contributed by atoms with Crippen LogP contribution in [-0.2, 0) is 0 Å². The molecule has 3 rings (SSSR count). The van der Waals surface area contributed by atoms with E-state index in [4.69, 9.17) is 4.42 Å². The Bertz CT molecular complexity index is 930. The molecule has 0 aliphatic rings. The van der Waals surface area contributed by atoms with Crippen molar-refractivity contribution in [2.75, 3.05) is 0 Å². The monoisotopic (exact) mass is 270 g/mol. The molecule has 0 aliphatic heterocycles. The fourth-order valence-electron chi connectivity index (χ4n) is 1.99. The predicted octanol–water partition coefficient (Wildman–Crippen LogP) is 1.35. The Hall–Kier alpha value is -2.89. The number of ketones is 1. The molecule has 2 aromatic heterocycles. The van der Waals surface area contributed by atoms with Crippen LogP contribution in [-0.4, -0.2) is 15.8 Å². The highest BCUT2D eigenvalue weighted by molar-refractivity contribution is 6.09. The smallest absolute Gasteiger partial charge is 0.314 e. The molecule has 3 aromatic rings. The van der Waals surface area contributed by atoms with E-state index >= 15 is 0 Å². The zero-order valence-corrected chi connectivity index (χ0v) is 10.5. The van der Waals surface area contributed by atoms with E-state index in [2.05, 4.69) is 9.97 Å². The van der Waals surface area contributed by atoms with Gasteiger partial charge in [-0.05, 0) is 36.8 Å². The molecule has 20 heavy (non-hydrogen) atoms. The minimum atomic E-state index is -0.753. The number of benzene rings is 1. The number of nitrogens with one attached hydrogen (secondary N) is 2. The maximum atomic E-state index is 12.3. The van der Waals surface area contributed by atoms with Crippen LogP contribution in [0.25, 0.3) is 11.0 Å². The van der Waals surface area contributed by atoms with Gasteiger partial charge in [0.2, 0.25) is 5.78 Å². The molecular weight excluding hydrogens is 260 g/mol. The molecule has 0 amide bonds. The fourth-order valence-corrected chi connectivity index (χ4v) is 1.99. The molecule has 6 nitrogen and oxygen atoms in total.